The maximum absolute atomic E-state index is 5.56. The highest BCUT2D eigenvalue weighted by Gasteiger charge is 2.07. The largest absolute Gasteiger partial charge is 0.343 e. The van der Waals surface area contributed by atoms with Gasteiger partial charge in [-0.05, 0) is 30.1 Å². The van der Waals surface area contributed by atoms with Gasteiger partial charge < -0.3 is 9.80 Å². The second-order valence-electron chi connectivity index (χ2n) is 8.19. The lowest BCUT2D eigenvalue weighted by atomic mass is 10.4. The number of nitrogens with zero attached hydrogens (tertiary/aromatic N) is 9. The summed E-state index contributed by atoms with van der Waals surface area (Å²) in [7, 11) is 7.48. The molecule has 9 nitrogen and oxygen atoms in total. The van der Waals surface area contributed by atoms with Crippen LogP contribution in [0.2, 0.25) is 0 Å². The highest BCUT2D eigenvalue weighted by Crippen LogP contribution is 2.26. The summed E-state index contributed by atoms with van der Waals surface area (Å²) < 4.78 is 0. The molecule has 0 spiro atoms. The molecule has 0 aliphatic carbocycles. The van der Waals surface area contributed by atoms with Gasteiger partial charge in [-0.3, -0.25) is 15.0 Å². The summed E-state index contributed by atoms with van der Waals surface area (Å²) in [4.78, 5) is 7.96. The zero-order valence-corrected chi connectivity index (χ0v) is 27.7. The summed E-state index contributed by atoms with van der Waals surface area (Å²) in [5.74, 6) is 1.75. The molecule has 0 aromatic rings. The normalized spacial score (nSPS) is 18.3. The molecule has 222 valence electrons. The molecule has 41 heavy (non-hydrogen) atoms. The fourth-order valence-electron chi connectivity index (χ4n) is 2.50. The third-order valence-electron chi connectivity index (χ3n) is 5.04. The summed E-state index contributed by atoms with van der Waals surface area (Å²) in [5.41, 5.74) is 2.61. The average molecular weight is 634 g/mol. The molecule has 13 heteroatoms. The van der Waals surface area contributed by atoms with Crippen molar-refractivity contribution in [1.82, 2.24) is 24.8 Å². The molecule has 0 aromatic heterocycles. The van der Waals surface area contributed by atoms with Gasteiger partial charge in [-0.1, -0.05) is 74.9 Å². The van der Waals surface area contributed by atoms with E-state index in [1.54, 1.807) is 75.2 Å². The summed E-state index contributed by atoms with van der Waals surface area (Å²) >= 11 is 10.5. The van der Waals surface area contributed by atoms with Crippen LogP contribution in [0.3, 0.4) is 0 Å². The third kappa shape index (κ3) is 14.9. The maximum atomic E-state index is 5.56. The van der Waals surface area contributed by atoms with Crippen LogP contribution in [0, 0.1) is 0 Å². The van der Waals surface area contributed by atoms with E-state index in [0.29, 0.717) is 5.17 Å². The Labute approximate surface area is 263 Å². The number of hydrogen-bond donors (Lipinski definition) is 0. The topological polar surface area (TPSA) is 65.6 Å². The molecule has 0 bridgehead atoms. The summed E-state index contributed by atoms with van der Waals surface area (Å²) in [6.45, 7) is 22.0. The number of halogens is 1. The van der Waals surface area contributed by atoms with E-state index in [0.717, 1.165) is 38.9 Å². The Balaban J connectivity index is 0.000000257. The van der Waals surface area contributed by atoms with Crippen molar-refractivity contribution in [2.24, 2.45) is 20.3 Å². The molecule has 0 N–H and O–H groups in total. The Kier molecular flexibility index (Phi) is 17.5. The van der Waals surface area contributed by atoms with Crippen molar-refractivity contribution in [1.29, 1.82) is 0 Å². The number of hydrazone groups is 3. The molecule has 5 rings (SSSR count). The number of hydrogen-bond acceptors (Lipinski definition) is 12. The Hall–Kier alpha value is -3.06. The monoisotopic (exact) mass is 633 g/mol. The van der Waals surface area contributed by atoms with Crippen LogP contribution in [0.15, 0.2) is 116 Å². The number of aliphatic imine (C=N–C) groups is 1. The summed E-state index contributed by atoms with van der Waals surface area (Å²) in [6.07, 6.45) is 14.2. The second kappa shape index (κ2) is 19.9. The van der Waals surface area contributed by atoms with Gasteiger partial charge in [0, 0.05) is 65.3 Å². The Morgan fingerprint density at radius 1 is 0.878 bits per heavy atom. The number of thioether (sulfide) groups is 3. The van der Waals surface area contributed by atoms with E-state index in [1.807, 2.05) is 50.6 Å². The number of rotatable bonds is 2. The van der Waals surface area contributed by atoms with E-state index in [-0.39, 0.29) is 0 Å². The Bertz CT molecular complexity index is 1150. The van der Waals surface area contributed by atoms with Gasteiger partial charge in [0.2, 0.25) is 0 Å². The first-order valence-corrected chi connectivity index (χ1v) is 15.5. The van der Waals surface area contributed by atoms with Gasteiger partial charge in [-0.25, -0.2) is 4.99 Å². The van der Waals surface area contributed by atoms with E-state index in [2.05, 4.69) is 76.6 Å². The van der Waals surface area contributed by atoms with Crippen LogP contribution in [-0.4, -0.2) is 88.5 Å². The minimum absolute atomic E-state index is 0.491. The first-order valence-electron chi connectivity index (χ1n) is 12.4. The zero-order chi connectivity index (χ0) is 30.8. The van der Waals surface area contributed by atoms with Crippen LogP contribution in [0.25, 0.3) is 0 Å². The van der Waals surface area contributed by atoms with Crippen molar-refractivity contribution in [3.63, 3.8) is 0 Å². The van der Waals surface area contributed by atoms with Crippen LogP contribution in [0.1, 0.15) is 13.3 Å². The number of likely N-dealkylation sites (N-methyl/N-ethyl adjacent to an activating group) is 1. The highest BCUT2D eigenvalue weighted by molar-refractivity contribution is 8.15. The van der Waals surface area contributed by atoms with Gasteiger partial charge in [0.15, 0.2) is 0 Å². The van der Waals surface area contributed by atoms with Crippen LogP contribution < -0.4 is 0 Å². The van der Waals surface area contributed by atoms with Gasteiger partial charge in [0.1, 0.15) is 11.0 Å². The number of allylic oxidation sites excluding steroid dienone is 3. The van der Waals surface area contributed by atoms with Crippen molar-refractivity contribution < 1.29 is 0 Å². The Morgan fingerprint density at radius 2 is 1.59 bits per heavy atom. The maximum Gasteiger partial charge on any atom is 0.149 e. The van der Waals surface area contributed by atoms with Crippen LogP contribution >= 0.6 is 46.9 Å². The van der Waals surface area contributed by atoms with E-state index < -0.39 is 0 Å². The first kappa shape index (κ1) is 36.0. The molecule has 5 aliphatic heterocycles. The van der Waals surface area contributed by atoms with Gasteiger partial charge in [-0.2, -0.15) is 15.3 Å². The Morgan fingerprint density at radius 3 is 1.95 bits per heavy atom. The highest BCUT2D eigenvalue weighted by atomic mass is 35.5. The predicted octanol–water partition coefficient (Wildman–Crippen LogP) is 7.13. The zero-order valence-electron chi connectivity index (χ0n) is 24.5. The molecule has 0 saturated carbocycles. The van der Waals surface area contributed by atoms with E-state index in [1.165, 1.54) is 6.42 Å². The molecular formula is C28H40ClN9S3. The van der Waals surface area contributed by atoms with Crippen molar-refractivity contribution >= 4 is 70.0 Å². The van der Waals surface area contributed by atoms with Crippen LogP contribution in [0.5, 0.6) is 0 Å². The lowest BCUT2D eigenvalue weighted by Crippen LogP contribution is -2.12. The molecular weight excluding hydrogens is 594 g/mol. The molecule has 0 unspecified atom stereocenters. The molecule has 0 aromatic carbocycles. The first-order chi connectivity index (χ1) is 19.5. The fraction of sp³-hybridized carbons (Fsp3) is 0.286. The van der Waals surface area contributed by atoms with Gasteiger partial charge in [-0.15, -0.1) is 11.8 Å². The summed E-state index contributed by atoms with van der Waals surface area (Å²) in [6, 6.07) is 0. The molecule has 0 radical (unpaired) electrons. The average Bonchev–Trinajstić information content (AvgIpc) is 3.53. The van der Waals surface area contributed by atoms with Crippen molar-refractivity contribution in [2.45, 2.75) is 13.3 Å². The lowest BCUT2D eigenvalue weighted by Gasteiger charge is -2.17. The van der Waals surface area contributed by atoms with Gasteiger partial charge in [0.05, 0.1) is 26.3 Å². The second-order valence-corrected chi connectivity index (χ2v) is 11.6. The molecule has 0 saturated heterocycles. The smallest absolute Gasteiger partial charge is 0.149 e. The van der Waals surface area contributed by atoms with Crippen molar-refractivity contribution in [3.05, 3.63) is 95.5 Å². The van der Waals surface area contributed by atoms with E-state index >= 15 is 0 Å². The lowest BCUT2D eigenvalue weighted by molar-refractivity contribution is 0.461. The SMILES string of the molecule is C=C1C=CC(Cl)=NN1C.C=C1N=CC=CN1C.C=C1SC=CN1CCC.C=C1SC=NN1C.C=C1SCC=NN1C. The molecule has 0 fully saturated rings. The minimum Gasteiger partial charge on any atom is -0.343 e. The molecule has 5 heterocycles. The van der Waals surface area contributed by atoms with Crippen LogP contribution in [-0.2, 0) is 0 Å². The van der Waals surface area contributed by atoms with Crippen LogP contribution in [0.4, 0.5) is 0 Å². The van der Waals surface area contributed by atoms with Crippen molar-refractivity contribution in [2.75, 3.05) is 40.5 Å². The standard InChI is InChI=1S/C7H11NS.C6H7ClN2.C6H8N2.C5H8N2S.C4H6N2S/c1-3-4-8-5-6-9-7(8)2;1-5-3-4-6(7)8-9(5)2;1-6-7-4-3-5-8(6)2;1-5-7(2)6-3-4-8-5;1-4-6(2)5-3-7-4/h5-6H,2-4H2,1H3;3-4H,1H2,2H3;3-5H,1H2,2H3;3H,1,4H2,2H3;3H,1H2,2H3. The van der Waals surface area contributed by atoms with E-state index in [4.69, 9.17) is 11.6 Å². The molecule has 5 aliphatic rings. The van der Waals surface area contributed by atoms with Crippen molar-refractivity contribution in [3.8, 4) is 0 Å². The molecule has 0 atom stereocenters. The predicted molar refractivity (Wildman–Crippen MR) is 188 cm³/mol. The van der Waals surface area contributed by atoms with Gasteiger partial charge in [0.25, 0.3) is 0 Å². The third-order valence-corrected chi connectivity index (χ3v) is 7.66. The molecule has 0 amide bonds. The fourth-order valence-corrected chi connectivity index (χ4v) is 4.41. The minimum atomic E-state index is 0.491. The van der Waals surface area contributed by atoms with Gasteiger partial charge >= 0.3 is 0 Å². The van der Waals surface area contributed by atoms with E-state index in [9.17, 15) is 0 Å². The summed E-state index contributed by atoms with van der Waals surface area (Å²) in [5, 5.41) is 22.6. The quantitative estimate of drug-likeness (QED) is 0.318.